The Morgan fingerprint density at radius 3 is 2.33 bits per heavy atom. The van der Waals surface area contributed by atoms with Crippen molar-refractivity contribution in [3.63, 3.8) is 0 Å². The van der Waals surface area contributed by atoms with Crippen LogP contribution in [0.15, 0.2) is 103 Å². The van der Waals surface area contributed by atoms with Crippen LogP contribution < -0.4 is 4.74 Å². The average Bonchev–Trinajstić information content (AvgIpc) is 3.21. The molecule has 0 radical (unpaired) electrons. The maximum atomic E-state index is 13.3. The number of carbonyl (C=O) groups is 2. The lowest BCUT2D eigenvalue weighted by atomic mass is 9.95. The molecule has 9 nitrogen and oxygen atoms in total. The Balaban J connectivity index is 1.48. The number of aryl methyl sites for hydroxylation is 1. The first-order valence-corrected chi connectivity index (χ1v) is 12.5. The van der Waals surface area contributed by atoms with Crippen molar-refractivity contribution in [1.29, 1.82) is 0 Å². The highest BCUT2D eigenvalue weighted by Crippen LogP contribution is 2.40. The number of Topliss-reactive ketones (excluding diaryl/α,β-unsaturated/α-hetero) is 1. The Labute approximate surface area is 230 Å². The van der Waals surface area contributed by atoms with E-state index in [0.29, 0.717) is 23.5 Å². The third-order valence-corrected chi connectivity index (χ3v) is 6.68. The number of rotatable bonds is 8. The minimum absolute atomic E-state index is 0.0806. The molecule has 1 amide bonds. The van der Waals surface area contributed by atoms with E-state index in [1.165, 1.54) is 29.2 Å². The van der Waals surface area contributed by atoms with Gasteiger partial charge in [-0.2, -0.15) is 0 Å². The number of likely N-dealkylation sites (tertiary alicyclic amines) is 1. The van der Waals surface area contributed by atoms with E-state index in [1.54, 1.807) is 48.8 Å². The number of hydrogen-bond donors (Lipinski definition) is 1. The zero-order chi connectivity index (χ0) is 28.2. The van der Waals surface area contributed by atoms with Crippen LogP contribution in [0, 0.1) is 17.0 Å². The summed E-state index contributed by atoms with van der Waals surface area (Å²) in [7, 11) is 0. The molecule has 1 saturated heterocycles. The summed E-state index contributed by atoms with van der Waals surface area (Å²) in [6.07, 6.45) is 3.16. The van der Waals surface area contributed by atoms with Crippen LogP contribution >= 0.6 is 0 Å². The summed E-state index contributed by atoms with van der Waals surface area (Å²) in [5, 5.41) is 22.5. The Morgan fingerprint density at radius 2 is 1.68 bits per heavy atom. The highest BCUT2D eigenvalue weighted by molar-refractivity contribution is 6.46. The molecule has 0 saturated carbocycles. The number of carbonyl (C=O) groups excluding carboxylic acids is 2. The van der Waals surface area contributed by atoms with E-state index in [4.69, 9.17) is 4.74 Å². The van der Waals surface area contributed by atoms with E-state index in [0.717, 1.165) is 16.7 Å². The van der Waals surface area contributed by atoms with Crippen molar-refractivity contribution >= 4 is 23.1 Å². The summed E-state index contributed by atoms with van der Waals surface area (Å²) in [6, 6.07) is 22.6. The van der Waals surface area contributed by atoms with Gasteiger partial charge in [0.1, 0.15) is 18.1 Å². The van der Waals surface area contributed by atoms with Crippen LogP contribution in [0.25, 0.3) is 5.76 Å². The number of benzene rings is 3. The number of aliphatic hydroxyl groups excluding tert-OH is 1. The quantitative estimate of drug-likeness (QED) is 0.104. The Kier molecular flexibility index (Phi) is 7.37. The Bertz CT molecular complexity index is 1600. The first-order valence-electron chi connectivity index (χ1n) is 12.5. The zero-order valence-corrected chi connectivity index (χ0v) is 21.6. The molecule has 1 N–H and O–H groups in total. The van der Waals surface area contributed by atoms with Gasteiger partial charge >= 0.3 is 0 Å². The number of amides is 1. The number of pyridine rings is 1. The molecule has 3 aromatic carbocycles. The molecule has 40 heavy (non-hydrogen) atoms. The van der Waals surface area contributed by atoms with Crippen molar-refractivity contribution < 1.29 is 24.4 Å². The van der Waals surface area contributed by atoms with Crippen LogP contribution in [-0.2, 0) is 22.7 Å². The predicted molar refractivity (Wildman–Crippen MR) is 147 cm³/mol. The van der Waals surface area contributed by atoms with E-state index >= 15 is 0 Å². The van der Waals surface area contributed by atoms with E-state index in [9.17, 15) is 24.8 Å². The minimum atomic E-state index is -0.953. The lowest BCUT2D eigenvalue weighted by Crippen LogP contribution is -2.29. The lowest BCUT2D eigenvalue weighted by Gasteiger charge is -2.25. The molecule has 1 atom stereocenters. The summed E-state index contributed by atoms with van der Waals surface area (Å²) in [4.78, 5) is 42.5. The van der Waals surface area contributed by atoms with Crippen molar-refractivity contribution in [3.8, 4) is 5.75 Å². The number of aromatic nitrogens is 1. The van der Waals surface area contributed by atoms with Gasteiger partial charge in [0, 0.05) is 36.6 Å². The number of ether oxygens (including phenoxy) is 1. The van der Waals surface area contributed by atoms with Gasteiger partial charge in [-0.05, 0) is 72.1 Å². The number of hydrogen-bond acceptors (Lipinski definition) is 7. The molecule has 0 spiro atoms. The Morgan fingerprint density at radius 1 is 0.975 bits per heavy atom. The van der Waals surface area contributed by atoms with Crippen LogP contribution in [0.3, 0.4) is 0 Å². The van der Waals surface area contributed by atoms with Crippen LogP contribution in [0.4, 0.5) is 5.69 Å². The average molecular weight is 536 g/mol. The monoisotopic (exact) mass is 535 g/mol. The van der Waals surface area contributed by atoms with Gasteiger partial charge in [0.15, 0.2) is 0 Å². The summed E-state index contributed by atoms with van der Waals surface area (Å²) < 4.78 is 5.86. The maximum Gasteiger partial charge on any atom is 0.295 e. The van der Waals surface area contributed by atoms with Crippen LogP contribution in [0.5, 0.6) is 5.75 Å². The fraction of sp³-hybridized carbons (Fsp3) is 0.129. The summed E-state index contributed by atoms with van der Waals surface area (Å²) in [6.45, 7) is 2.45. The van der Waals surface area contributed by atoms with Gasteiger partial charge in [0.25, 0.3) is 17.4 Å². The smallest absolute Gasteiger partial charge is 0.295 e. The standard InChI is InChI=1S/C31H25N3O6/c1-20-3-2-4-22(17-20)19-40-26-11-7-24(8-12-26)29(35)27-28(23-5-9-25(10-6-23)34(38)39)33(31(37)30(27)36)18-21-13-15-32-16-14-21/h2-17,28,35H,18-19H2,1H3/b29-27+/t28-/m1/s1. The summed E-state index contributed by atoms with van der Waals surface area (Å²) >= 11 is 0. The molecule has 0 unspecified atom stereocenters. The van der Waals surface area contributed by atoms with Crippen LogP contribution in [-0.4, -0.2) is 31.6 Å². The van der Waals surface area contributed by atoms with Crippen molar-refractivity contribution in [3.05, 3.63) is 141 Å². The molecule has 0 bridgehead atoms. The highest BCUT2D eigenvalue weighted by Gasteiger charge is 2.46. The summed E-state index contributed by atoms with van der Waals surface area (Å²) in [5.74, 6) is -1.39. The Hall–Kier alpha value is -5.31. The van der Waals surface area contributed by atoms with Crippen molar-refractivity contribution in [1.82, 2.24) is 9.88 Å². The van der Waals surface area contributed by atoms with E-state index in [-0.39, 0.29) is 23.6 Å². The molecule has 1 fully saturated rings. The van der Waals surface area contributed by atoms with Gasteiger partial charge in [0.05, 0.1) is 16.5 Å². The molecule has 5 rings (SSSR count). The first-order chi connectivity index (χ1) is 19.3. The molecule has 200 valence electrons. The highest BCUT2D eigenvalue weighted by atomic mass is 16.6. The van der Waals surface area contributed by atoms with Crippen LogP contribution in [0.2, 0.25) is 0 Å². The number of non-ortho nitro benzene ring substituents is 1. The molecular weight excluding hydrogens is 510 g/mol. The normalized spacial score (nSPS) is 16.2. The number of nitro benzene ring substituents is 1. The molecule has 1 aliphatic rings. The number of aliphatic hydroxyl groups is 1. The molecule has 9 heteroatoms. The van der Waals surface area contributed by atoms with Crippen molar-refractivity contribution in [2.75, 3.05) is 0 Å². The maximum absolute atomic E-state index is 13.3. The number of nitrogens with zero attached hydrogens (tertiary/aromatic N) is 3. The summed E-state index contributed by atoms with van der Waals surface area (Å²) in [5.41, 5.74) is 3.44. The second-order valence-electron chi connectivity index (χ2n) is 9.43. The van der Waals surface area contributed by atoms with Crippen molar-refractivity contribution in [2.24, 2.45) is 0 Å². The lowest BCUT2D eigenvalue weighted by molar-refractivity contribution is -0.384. The number of nitro groups is 1. The van der Waals surface area contributed by atoms with E-state index < -0.39 is 22.7 Å². The second-order valence-corrected chi connectivity index (χ2v) is 9.43. The molecule has 1 aromatic heterocycles. The van der Waals surface area contributed by atoms with Gasteiger partial charge < -0.3 is 14.7 Å². The van der Waals surface area contributed by atoms with Gasteiger partial charge in [-0.1, -0.05) is 29.8 Å². The van der Waals surface area contributed by atoms with Crippen molar-refractivity contribution in [2.45, 2.75) is 26.1 Å². The first kappa shape index (κ1) is 26.3. The van der Waals surface area contributed by atoms with Gasteiger partial charge in [0.2, 0.25) is 0 Å². The van der Waals surface area contributed by atoms with Gasteiger partial charge in [-0.25, -0.2) is 0 Å². The van der Waals surface area contributed by atoms with E-state index in [2.05, 4.69) is 4.98 Å². The zero-order valence-electron chi connectivity index (χ0n) is 21.6. The van der Waals surface area contributed by atoms with Gasteiger partial charge in [-0.3, -0.25) is 24.7 Å². The molecule has 4 aromatic rings. The largest absolute Gasteiger partial charge is 0.507 e. The van der Waals surface area contributed by atoms with Gasteiger partial charge in [-0.15, -0.1) is 0 Å². The SMILES string of the molecule is Cc1cccc(COc2ccc(/C(O)=C3\C(=O)C(=O)N(Cc4ccncc4)[C@@H]3c3ccc([N+](=O)[O-])cc3)cc2)c1. The minimum Gasteiger partial charge on any atom is -0.507 e. The third kappa shape index (κ3) is 5.44. The van der Waals surface area contributed by atoms with E-state index in [1.807, 2.05) is 31.2 Å². The fourth-order valence-corrected chi connectivity index (χ4v) is 4.69. The molecule has 0 aliphatic carbocycles. The van der Waals surface area contributed by atoms with Crippen LogP contribution in [0.1, 0.15) is 33.9 Å². The molecular formula is C31H25N3O6. The predicted octanol–water partition coefficient (Wildman–Crippen LogP) is 5.50. The topological polar surface area (TPSA) is 123 Å². The number of ketones is 1. The second kappa shape index (κ2) is 11.2. The third-order valence-electron chi connectivity index (χ3n) is 6.68. The fourth-order valence-electron chi connectivity index (χ4n) is 4.69. The molecule has 2 heterocycles. The molecule has 1 aliphatic heterocycles.